The zero-order valence-electron chi connectivity index (χ0n) is 13.7. The highest BCUT2D eigenvalue weighted by Crippen LogP contribution is 2.11. The SMILES string of the molecule is CC(C)CCOc1c[nH]c(COC(=O)c2ccc(Cl)cc2)cc1=O. The fourth-order valence-electron chi connectivity index (χ4n) is 1.91. The largest absolute Gasteiger partial charge is 0.488 e. The van der Waals surface area contributed by atoms with Gasteiger partial charge in [0, 0.05) is 17.3 Å². The molecule has 2 aromatic rings. The first-order valence-electron chi connectivity index (χ1n) is 7.73. The number of nitrogens with one attached hydrogen (secondary N) is 1. The molecule has 2 rings (SSSR count). The molecule has 1 aromatic carbocycles. The van der Waals surface area contributed by atoms with E-state index in [1.807, 2.05) is 0 Å². The van der Waals surface area contributed by atoms with Crippen LogP contribution in [0.1, 0.15) is 36.3 Å². The zero-order valence-corrected chi connectivity index (χ0v) is 14.4. The summed E-state index contributed by atoms with van der Waals surface area (Å²) in [4.78, 5) is 26.8. The summed E-state index contributed by atoms with van der Waals surface area (Å²) in [5.74, 6) is 0.295. The van der Waals surface area contributed by atoms with E-state index in [2.05, 4.69) is 18.8 Å². The predicted molar refractivity (Wildman–Crippen MR) is 92.6 cm³/mol. The third-order valence-electron chi connectivity index (χ3n) is 3.33. The lowest BCUT2D eigenvalue weighted by atomic mass is 10.1. The van der Waals surface area contributed by atoms with Crippen molar-refractivity contribution in [2.75, 3.05) is 6.61 Å². The molecule has 0 saturated carbocycles. The smallest absolute Gasteiger partial charge is 0.338 e. The van der Waals surface area contributed by atoms with Gasteiger partial charge in [0.25, 0.3) is 0 Å². The van der Waals surface area contributed by atoms with Gasteiger partial charge < -0.3 is 14.5 Å². The molecule has 0 unspecified atom stereocenters. The van der Waals surface area contributed by atoms with E-state index in [1.54, 1.807) is 24.3 Å². The number of hydrogen-bond donors (Lipinski definition) is 1. The first-order chi connectivity index (χ1) is 11.5. The van der Waals surface area contributed by atoms with E-state index >= 15 is 0 Å². The van der Waals surface area contributed by atoms with Crippen LogP contribution in [0.15, 0.2) is 41.3 Å². The molecule has 6 heteroatoms. The van der Waals surface area contributed by atoms with Crippen molar-refractivity contribution in [1.29, 1.82) is 0 Å². The number of carbonyl (C=O) groups excluding carboxylic acids is 1. The Bertz CT molecular complexity index is 737. The second-order valence-electron chi connectivity index (χ2n) is 5.80. The highest BCUT2D eigenvalue weighted by atomic mass is 35.5. The number of H-pyrrole nitrogens is 1. The van der Waals surface area contributed by atoms with Crippen LogP contribution in [0.25, 0.3) is 0 Å². The van der Waals surface area contributed by atoms with Crippen molar-refractivity contribution in [2.24, 2.45) is 5.92 Å². The summed E-state index contributed by atoms with van der Waals surface area (Å²) in [7, 11) is 0. The fraction of sp³-hybridized carbons (Fsp3) is 0.333. The minimum atomic E-state index is -0.482. The van der Waals surface area contributed by atoms with Crippen LogP contribution in [0.3, 0.4) is 0 Å². The second-order valence-corrected chi connectivity index (χ2v) is 6.24. The van der Waals surface area contributed by atoms with Crippen LogP contribution in [-0.2, 0) is 11.3 Å². The Kier molecular flexibility index (Phi) is 6.44. The van der Waals surface area contributed by atoms with Gasteiger partial charge in [0.2, 0.25) is 5.43 Å². The van der Waals surface area contributed by atoms with Gasteiger partial charge in [0.05, 0.1) is 17.9 Å². The third kappa shape index (κ3) is 5.42. The second kappa shape index (κ2) is 8.55. The van der Waals surface area contributed by atoms with Crippen molar-refractivity contribution >= 4 is 17.6 Å². The molecular formula is C18H20ClNO4. The minimum absolute atomic E-state index is 0.0248. The lowest BCUT2D eigenvalue weighted by Crippen LogP contribution is -2.13. The van der Waals surface area contributed by atoms with Gasteiger partial charge in [0.15, 0.2) is 5.75 Å². The van der Waals surface area contributed by atoms with Crippen molar-refractivity contribution in [3.05, 3.63) is 63.0 Å². The van der Waals surface area contributed by atoms with Crippen LogP contribution in [-0.4, -0.2) is 17.6 Å². The summed E-state index contributed by atoms with van der Waals surface area (Å²) >= 11 is 5.77. The number of esters is 1. The number of ether oxygens (including phenoxy) is 2. The highest BCUT2D eigenvalue weighted by molar-refractivity contribution is 6.30. The zero-order chi connectivity index (χ0) is 17.5. The first kappa shape index (κ1) is 18.1. The number of pyridine rings is 1. The van der Waals surface area contributed by atoms with Crippen molar-refractivity contribution in [1.82, 2.24) is 4.98 Å². The highest BCUT2D eigenvalue weighted by Gasteiger charge is 2.09. The van der Waals surface area contributed by atoms with Gasteiger partial charge >= 0.3 is 5.97 Å². The molecule has 0 aliphatic carbocycles. The Labute approximate surface area is 145 Å². The molecule has 0 saturated heterocycles. The molecule has 0 radical (unpaired) electrons. The molecule has 24 heavy (non-hydrogen) atoms. The van der Waals surface area contributed by atoms with E-state index in [9.17, 15) is 9.59 Å². The molecule has 0 amide bonds. The molecule has 5 nitrogen and oxygen atoms in total. The van der Waals surface area contributed by atoms with Crippen molar-refractivity contribution in [3.63, 3.8) is 0 Å². The van der Waals surface area contributed by atoms with Crippen LogP contribution in [0, 0.1) is 5.92 Å². The van der Waals surface area contributed by atoms with Gasteiger partial charge in [-0.05, 0) is 36.6 Å². The predicted octanol–water partition coefficient (Wildman–Crippen LogP) is 3.81. The summed E-state index contributed by atoms with van der Waals surface area (Å²) in [6.07, 6.45) is 2.37. The summed E-state index contributed by atoms with van der Waals surface area (Å²) in [5.41, 5.74) is 0.656. The van der Waals surface area contributed by atoms with E-state index < -0.39 is 5.97 Å². The minimum Gasteiger partial charge on any atom is -0.488 e. The number of aromatic amines is 1. The molecule has 1 heterocycles. The number of aromatic nitrogens is 1. The number of benzene rings is 1. The van der Waals surface area contributed by atoms with Gasteiger partial charge in [-0.2, -0.15) is 0 Å². The topological polar surface area (TPSA) is 68.4 Å². The summed E-state index contributed by atoms with van der Waals surface area (Å²) in [6, 6.07) is 7.77. The molecule has 0 fully saturated rings. The Hall–Kier alpha value is -2.27. The molecule has 128 valence electrons. The van der Waals surface area contributed by atoms with E-state index in [4.69, 9.17) is 21.1 Å². The van der Waals surface area contributed by atoms with E-state index in [0.717, 1.165) is 6.42 Å². The van der Waals surface area contributed by atoms with E-state index in [1.165, 1.54) is 12.3 Å². The Morgan fingerprint density at radius 3 is 2.58 bits per heavy atom. The molecule has 0 spiro atoms. The van der Waals surface area contributed by atoms with Crippen LogP contribution in [0.2, 0.25) is 5.02 Å². The summed E-state index contributed by atoms with van der Waals surface area (Å²) in [6.45, 7) is 4.64. The van der Waals surface area contributed by atoms with Gasteiger partial charge in [0.1, 0.15) is 6.61 Å². The standard InChI is InChI=1S/C18H20ClNO4/c1-12(2)7-8-23-17-10-20-15(9-16(17)21)11-24-18(22)13-3-5-14(19)6-4-13/h3-6,9-10,12H,7-8,11H2,1-2H3,(H,20,21). The lowest BCUT2D eigenvalue weighted by Gasteiger charge is -2.09. The average molecular weight is 350 g/mol. The van der Waals surface area contributed by atoms with Crippen molar-refractivity contribution in [2.45, 2.75) is 26.9 Å². The maximum Gasteiger partial charge on any atom is 0.338 e. The number of rotatable bonds is 7. The maximum absolute atomic E-state index is 12.0. The summed E-state index contributed by atoms with van der Waals surface area (Å²) < 4.78 is 10.6. The normalized spacial score (nSPS) is 10.7. The van der Waals surface area contributed by atoms with E-state index in [0.29, 0.717) is 28.8 Å². The average Bonchev–Trinajstić information content (AvgIpc) is 2.55. The van der Waals surface area contributed by atoms with Crippen molar-refractivity contribution in [3.8, 4) is 5.75 Å². The molecule has 0 aliphatic rings. The molecule has 1 aromatic heterocycles. The number of carbonyl (C=O) groups is 1. The number of halogens is 1. The van der Waals surface area contributed by atoms with Gasteiger partial charge in [-0.25, -0.2) is 4.79 Å². The van der Waals surface area contributed by atoms with Crippen LogP contribution < -0.4 is 10.2 Å². The van der Waals surface area contributed by atoms with Crippen LogP contribution in [0.5, 0.6) is 5.75 Å². The molecule has 0 atom stereocenters. The van der Waals surface area contributed by atoms with Crippen molar-refractivity contribution < 1.29 is 14.3 Å². The quantitative estimate of drug-likeness (QED) is 0.772. The van der Waals surface area contributed by atoms with Gasteiger partial charge in [-0.15, -0.1) is 0 Å². The van der Waals surface area contributed by atoms with Crippen LogP contribution in [0.4, 0.5) is 0 Å². The Morgan fingerprint density at radius 1 is 1.25 bits per heavy atom. The first-order valence-corrected chi connectivity index (χ1v) is 8.10. The summed E-state index contributed by atoms with van der Waals surface area (Å²) in [5, 5.41) is 0.545. The Balaban J connectivity index is 1.91. The van der Waals surface area contributed by atoms with E-state index in [-0.39, 0.29) is 17.8 Å². The number of hydrogen-bond acceptors (Lipinski definition) is 4. The fourth-order valence-corrected chi connectivity index (χ4v) is 2.04. The molecule has 0 bridgehead atoms. The molecule has 0 aliphatic heterocycles. The lowest BCUT2D eigenvalue weighted by molar-refractivity contribution is 0.0467. The maximum atomic E-state index is 12.0. The molecule has 1 N–H and O–H groups in total. The van der Waals surface area contributed by atoms with Gasteiger partial charge in [-0.3, -0.25) is 4.79 Å². The van der Waals surface area contributed by atoms with Crippen LogP contribution >= 0.6 is 11.6 Å². The molecular weight excluding hydrogens is 330 g/mol. The monoisotopic (exact) mass is 349 g/mol. The van der Waals surface area contributed by atoms with Gasteiger partial charge in [-0.1, -0.05) is 25.4 Å². The Morgan fingerprint density at radius 2 is 1.96 bits per heavy atom. The third-order valence-corrected chi connectivity index (χ3v) is 3.58.